The molecule has 0 saturated carbocycles. The predicted molar refractivity (Wildman–Crippen MR) is 118 cm³/mol. The minimum Gasteiger partial charge on any atom is -0.369 e. The first-order valence-electron chi connectivity index (χ1n) is 11.1. The molecular formula is C22H26F3N7O. The molecule has 176 valence electrons. The summed E-state index contributed by atoms with van der Waals surface area (Å²) in [6.45, 7) is 4.92. The Morgan fingerprint density at radius 1 is 1.18 bits per heavy atom. The van der Waals surface area contributed by atoms with Gasteiger partial charge < -0.3 is 25.7 Å². The van der Waals surface area contributed by atoms with Crippen molar-refractivity contribution in [2.24, 2.45) is 0 Å². The van der Waals surface area contributed by atoms with Crippen LogP contribution in [0.3, 0.4) is 0 Å². The first kappa shape index (κ1) is 22.1. The molecule has 4 N–H and O–H groups in total. The number of H-pyrrole nitrogens is 1. The number of alkyl halides is 3. The van der Waals surface area contributed by atoms with Crippen LogP contribution in [0, 0.1) is 0 Å². The van der Waals surface area contributed by atoms with E-state index in [-0.39, 0.29) is 23.8 Å². The van der Waals surface area contributed by atoms with Crippen molar-refractivity contribution in [3.05, 3.63) is 35.8 Å². The second kappa shape index (κ2) is 8.88. The van der Waals surface area contributed by atoms with Gasteiger partial charge in [0.15, 0.2) is 0 Å². The fourth-order valence-corrected chi connectivity index (χ4v) is 4.46. The average molecular weight is 461 g/mol. The Balaban J connectivity index is 1.51. The van der Waals surface area contributed by atoms with Crippen LogP contribution in [0.25, 0.3) is 22.3 Å². The summed E-state index contributed by atoms with van der Waals surface area (Å²) in [5.74, 6) is 0.192. The van der Waals surface area contributed by atoms with Gasteiger partial charge in [0.2, 0.25) is 5.95 Å². The van der Waals surface area contributed by atoms with E-state index in [1.165, 1.54) is 6.20 Å². The topological polar surface area (TPSA) is 99.8 Å². The molecule has 0 aliphatic carbocycles. The molecule has 0 bridgehead atoms. The molecule has 2 fully saturated rings. The van der Waals surface area contributed by atoms with E-state index in [0.717, 1.165) is 37.8 Å². The van der Waals surface area contributed by atoms with Gasteiger partial charge in [-0.2, -0.15) is 13.2 Å². The molecule has 5 heterocycles. The smallest absolute Gasteiger partial charge is 0.369 e. The zero-order valence-electron chi connectivity index (χ0n) is 18.2. The average Bonchev–Trinajstić information content (AvgIpc) is 3.22. The summed E-state index contributed by atoms with van der Waals surface area (Å²) in [6.07, 6.45) is -0.704. The summed E-state index contributed by atoms with van der Waals surface area (Å²) in [7, 11) is 0. The van der Waals surface area contributed by atoms with Gasteiger partial charge in [-0.15, -0.1) is 0 Å². The van der Waals surface area contributed by atoms with E-state index in [4.69, 9.17) is 4.74 Å². The highest BCUT2D eigenvalue weighted by Gasteiger charge is 2.36. The molecule has 0 amide bonds. The SMILES string of the molecule is C[C@@H]1C[C@H](Nc2ncc(C(F)(F)F)c(-c3c[nH]c4nc(C5CNCCO5)ccc34)n2)CCN1. The van der Waals surface area contributed by atoms with Gasteiger partial charge in [-0.1, -0.05) is 0 Å². The summed E-state index contributed by atoms with van der Waals surface area (Å²) in [5, 5.41) is 10.4. The zero-order chi connectivity index (χ0) is 23.0. The summed E-state index contributed by atoms with van der Waals surface area (Å²) < 4.78 is 47.2. The molecule has 3 aromatic heterocycles. The number of pyridine rings is 1. The van der Waals surface area contributed by atoms with Crippen molar-refractivity contribution in [1.29, 1.82) is 0 Å². The van der Waals surface area contributed by atoms with Crippen LogP contribution in [0.15, 0.2) is 24.5 Å². The second-order valence-electron chi connectivity index (χ2n) is 8.57. The van der Waals surface area contributed by atoms with Crippen molar-refractivity contribution in [1.82, 2.24) is 30.6 Å². The molecule has 0 aromatic carbocycles. The molecule has 3 aromatic rings. The van der Waals surface area contributed by atoms with Gasteiger partial charge in [0, 0.05) is 48.5 Å². The van der Waals surface area contributed by atoms with E-state index in [1.807, 2.05) is 0 Å². The lowest BCUT2D eigenvalue weighted by Gasteiger charge is -2.28. The Morgan fingerprint density at radius 3 is 2.82 bits per heavy atom. The summed E-state index contributed by atoms with van der Waals surface area (Å²) in [4.78, 5) is 15.9. The number of halogens is 3. The zero-order valence-corrected chi connectivity index (χ0v) is 18.2. The highest BCUT2D eigenvalue weighted by Crippen LogP contribution is 2.38. The number of aromatic nitrogens is 4. The number of nitrogens with zero attached hydrogens (tertiary/aromatic N) is 3. The highest BCUT2D eigenvalue weighted by atomic mass is 19.4. The van der Waals surface area contributed by atoms with E-state index in [2.05, 4.69) is 42.8 Å². The van der Waals surface area contributed by atoms with E-state index >= 15 is 0 Å². The highest BCUT2D eigenvalue weighted by molar-refractivity contribution is 5.93. The Hall–Kier alpha value is -2.76. The van der Waals surface area contributed by atoms with Crippen molar-refractivity contribution in [2.45, 2.75) is 44.1 Å². The third-order valence-corrected chi connectivity index (χ3v) is 6.12. The van der Waals surface area contributed by atoms with Gasteiger partial charge >= 0.3 is 6.18 Å². The lowest BCUT2D eigenvalue weighted by Crippen LogP contribution is -2.41. The van der Waals surface area contributed by atoms with Crippen LogP contribution in [-0.2, 0) is 10.9 Å². The third kappa shape index (κ3) is 4.66. The van der Waals surface area contributed by atoms with Crippen molar-refractivity contribution < 1.29 is 17.9 Å². The van der Waals surface area contributed by atoms with E-state index in [1.54, 1.807) is 12.1 Å². The van der Waals surface area contributed by atoms with Crippen LogP contribution in [0.5, 0.6) is 0 Å². The number of anilines is 1. The Morgan fingerprint density at radius 2 is 2.06 bits per heavy atom. The van der Waals surface area contributed by atoms with Crippen molar-refractivity contribution in [3.8, 4) is 11.3 Å². The maximum absolute atomic E-state index is 13.8. The van der Waals surface area contributed by atoms with Crippen molar-refractivity contribution in [3.63, 3.8) is 0 Å². The first-order chi connectivity index (χ1) is 15.9. The van der Waals surface area contributed by atoms with Crippen LogP contribution >= 0.6 is 0 Å². The van der Waals surface area contributed by atoms with Crippen LogP contribution in [-0.4, -0.2) is 58.3 Å². The fraction of sp³-hybridized carbons (Fsp3) is 0.500. The van der Waals surface area contributed by atoms with Crippen LogP contribution < -0.4 is 16.0 Å². The quantitative estimate of drug-likeness (QED) is 0.473. The second-order valence-corrected chi connectivity index (χ2v) is 8.57. The molecule has 8 nitrogen and oxygen atoms in total. The van der Waals surface area contributed by atoms with E-state index < -0.39 is 11.7 Å². The lowest BCUT2D eigenvalue weighted by atomic mass is 10.0. The van der Waals surface area contributed by atoms with Gasteiger partial charge in [-0.3, -0.25) is 0 Å². The molecule has 3 atom stereocenters. The van der Waals surface area contributed by atoms with Crippen molar-refractivity contribution in [2.75, 3.05) is 31.6 Å². The summed E-state index contributed by atoms with van der Waals surface area (Å²) >= 11 is 0. The molecule has 11 heteroatoms. The molecule has 5 rings (SSSR count). The normalized spacial score (nSPS) is 24.2. The maximum Gasteiger partial charge on any atom is 0.419 e. The summed E-state index contributed by atoms with van der Waals surface area (Å²) in [6, 6.07) is 3.98. The molecule has 2 saturated heterocycles. The lowest BCUT2D eigenvalue weighted by molar-refractivity contribution is -0.137. The molecule has 2 aliphatic heterocycles. The molecule has 2 aliphatic rings. The number of piperidine rings is 1. The number of ether oxygens (including phenoxy) is 1. The van der Waals surface area contributed by atoms with E-state index in [0.29, 0.717) is 35.8 Å². The molecule has 33 heavy (non-hydrogen) atoms. The predicted octanol–water partition coefficient (Wildman–Crippen LogP) is 3.25. The number of hydrogen-bond acceptors (Lipinski definition) is 7. The number of aromatic amines is 1. The number of rotatable bonds is 4. The molecular weight excluding hydrogens is 435 g/mol. The molecule has 1 unspecified atom stereocenters. The number of fused-ring (bicyclic) bond motifs is 1. The van der Waals surface area contributed by atoms with E-state index in [9.17, 15) is 13.2 Å². The summed E-state index contributed by atoms with van der Waals surface area (Å²) in [5.41, 5.74) is 0.507. The Kier molecular flexibility index (Phi) is 5.94. The number of hydrogen-bond donors (Lipinski definition) is 4. The molecule has 0 radical (unpaired) electrons. The van der Waals surface area contributed by atoms with Gasteiger partial charge in [0.1, 0.15) is 17.3 Å². The molecule has 0 spiro atoms. The maximum atomic E-state index is 13.8. The van der Waals surface area contributed by atoms with Crippen LogP contribution in [0.1, 0.15) is 37.1 Å². The number of nitrogens with one attached hydrogen (secondary N) is 4. The van der Waals surface area contributed by atoms with Gasteiger partial charge in [0.05, 0.1) is 18.0 Å². The van der Waals surface area contributed by atoms with Crippen molar-refractivity contribution >= 4 is 17.0 Å². The monoisotopic (exact) mass is 461 g/mol. The first-order valence-corrected chi connectivity index (χ1v) is 11.1. The van der Waals surface area contributed by atoms with Crippen LogP contribution in [0.2, 0.25) is 0 Å². The van der Waals surface area contributed by atoms with Gasteiger partial charge in [-0.05, 0) is 38.4 Å². The Bertz CT molecular complexity index is 1130. The number of morpholine rings is 1. The van der Waals surface area contributed by atoms with Crippen LogP contribution in [0.4, 0.5) is 19.1 Å². The third-order valence-electron chi connectivity index (χ3n) is 6.12. The fourth-order valence-electron chi connectivity index (χ4n) is 4.46. The van der Waals surface area contributed by atoms with Gasteiger partial charge in [-0.25, -0.2) is 15.0 Å². The largest absolute Gasteiger partial charge is 0.419 e. The standard InChI is InChI=1S/C22H26F3N7O/c1-12-8-13(4-5-27-12)30-21-29-10-16(22(23,24)25)19(32-21)15-9-28-20-14(15)2-3-17(31-20)18-11-26-6-7-33-18/h2-3,9-10,12-13,18,26-27H,4-8,11H2,1H3,(H,28,31)(H,29,30,32)/t12-,13-,18?/m1/s1. The minimum absolute atomic E-state index is 0.0992. The minimum atomic E-state index is -4.59. The Labute approximate surface area is 188 Å². The van der Waals surface area contributed by atoms with Gasteiger partial charge in [0.25, 0.3) is 0 Å².